The molecular weight excluding hydrogens is 180 g/mol. The van der Waals surface area contributed by atoms with Crippen LogP contribution in [0.15, 0.2) is 0 Å². The Kier molecular flexibility index (Phi) is 5.12. The van der Waals surface area contributed by atoms with Gasteiger partial charge >= 0.3 is 0 Å². The zero-order chi connectivity index (χ0) is 10.4. The van der Waals surface area contributed by atoms with Crippen LogP contribution in [-0.2, 0) is 14.3 Å². The Morgan fingerprint density at radius 2 is 2.29 bits per heavy atom. The minimum Gasteiger partial charge on any atom is -0.377 e. The quantitative estimate of drug-likeness (QED) is 0.613. The zero-order valence-electron chi connectivity index (χ0n) is 9.12. The van der Waals surface area contributed by atoms with Gasteiger partial charge in [-0.1, -0.05) is 13.8 Å². The Morgan fingerprint density at radius 1 is 1.50 bits per heavy atom. The summed E-state index contributed by atoms with van der Waals surface area (Å²) >= 11 is 0. The van der Waals surface area contributed by atoms with Crippen LogP contribution in [0.25, 0.3) is 0 Å². The molecule has 0 radical (unpaired) electrons. The number of ether oxygens (including phenoxy) is 2. The van der Waals surface area contributed by atoms with Gasteiger partial charge in [0.05, 0.1) is 6.10 Å². The molecule has 1 fully saturated rings. The molecule has 1 rings (SSSR count). The molecule has 0 aromatic rings. The maximum Gasteiger partial charge on any atom is 0.164 e. The number of rotatable bonds is 6. The fraction of sp³-hybridized carbons (Fsp3) is 0.909. The molecule has 0 amide bonds. The molecule has 1 heterocycles. The largest absolute Gasteiger partial charge is 0.377 e. The zero-order valence-corrected chi connectivity index (χ0v) is 9.12. The average molecular weight is 200 g/mol. The van der Waals surface area contributed by atoms with Gasteiger partial charge < -0.3 is 9.47 Å². The van der Waals surface area contributed by atoms with Crippen LogP contribution in [0.1, 0.15) is 33.1 Å². The highest BCUT2D eigenvalue weighted by Crippen LogP contribution is 2.24. The topological polar surface area (TPSA) is 35.5 Å². The van der Waals surface area contributed by atoms with Gasteiger partial charge in [0.2, 0.25) is 0 Å². The Balaban J connectivity index is 2.28. The van der Waals surface area contributed by atoms with Crippen molar-refractivity contribution in [2.24, 2.45) is 5.92 Å². The smallest absolute Gasteiger partial charge is 0.164 e. The van der Waals surface area contributed by atoms with Gasteiger partial charge in [-0.3, -0.25) is 4.79 Å². The van der Waals surface area contributed by atoms with Crippen LogP contribution in [0.2, 0.25) is 0 Å². The van der Waals surface area contributed by atoms with Crippen molar-refractivity contribution in [3.63, 3.8) is 0 Å². The van der Waals surface area contributed by atoms with E-state index in [1.54, 1.807) is 0 Å². The summed E-state index contributed by atoms with van der Waals surface area (Å²) in [5, 5.41) is 0. The predicted molar refractivity (Wildman–Crippen MR) is 54.3 cm³/mol. The normalized spacial score (nSPS) is 26.7. The highest BCUT2D eigenvalue weighted by molar-refractivity contribution is 5.83. The Hall–Kier alpha value is -0.410. The first kappa shape index (κ1) is 11.7. The van der Waals surface area contributed by atoms with E-state index in [4.69, 9.17) is 9.47 Å². The van der Waals surface area contributed by atoms with E-state index < -0.39 is 0 Å². The average Bonchev–Trinajstić information content (AvgIpc) is 2.65. The van der Waals surface area contributed by atoms with Gasteiger partial charge in [-0.05, 0) is 19.3 Å². The predicted octanol–water partition coefficient (Wildman–Crippen LogP) is 1.80. The number of ketones is 1. The second-order valence-electron chi connectivity index (χ2n) is 3.73. The van der Waals surface area contributed by atoms with Gasteiger partial charge in [-0.2, -0.15) is 0 Å². The Bertz CT molecular complexity index is 179. The van der Waals surface area contributed by atoms with Crippen LogP contribution in [0, 0.1) is 5.92 Å². The number of hydrogen-bond donors (Lipinski definition) is 0. The van der Waals surface area contributed by atoms with E-state index in [0.29, 0.717) is 6.61 Å². The summed E-state index contributed by atoms with van der Waals surface area (Å²) in [6.45, 7) is 5.76. The number of carbonyl (C=O) groups is 1. The van der Waals surface area contributed by atoms with Crippen LogP contribution >= 0.6 is 0 Å². The molecule has 82 valence electrons. The molecular formula is C11H20O3. The number of hydrogen-bond acceptors (Lipinski definition) is 3. The van der Waals surface area contributed by atoms with Crippen molar-refractivity contribution >= 4 is 5.78 Å². The lowest BCUT2D eigenvalue weighted by Gasteiger charge is -2.15. The van der Waals surface area contributed by atoms with Crippen molar-refractivity contribution in [1.82, 2.24) is 0 Å². The van der Waals surface area contributed by atoms with Crippen molar-refractivity contribution in [3.05, 3.63) is 0 Å². The van der Waals surface area contributed by atoms with Gasteiger partial charge in [0.15, 0.2) is 5.78 Å². The first-order valence-electron chi connectivity index (χ1n) is 5.51. The number of Topliss-reactive ketones (excluding diaryl/α,β-unsaturated/α-hetero) is 1. The molecule has 1 aliphatic rings. The van der Waals surface area contributed by atoms with E-state index in [0.717, 1.165) is 25.9 Å². The fourth-order valence-corrected chi connectivity index (χ4v) is 1.84. The van der Waals surface area contributed by atoms with E-state index in [1.165, 1.54) is 0 Å². The second-order valence-corrected chi connectivity index (χ2v) is 3.73. The third-order valence-electron chi connectivity index (χ3n) is 2.62. The molecule has 2 atom stereocenters. The second kappa shape index (κ2) is 6.14. The van der Waals surface area contributed by atoms with Crippen molar-refractivity contribution in [2.45, 2.75) is 39.2 Å². The van der Waals surface area contributed by atoms with Crippen molar-refractivity contribution in [3.8, 4) is 0 Å². The molecule has 0 bridgehead atoms. The molecule has 0 aromatic heterocycles. The summed E-state index contributed by atoms with van der Waals surface area (Å²) in [5.74, 6) is 0.291. The molecule has 0 aromatic carbocycles. The van der Waals surface area contributed by atoms with Gasteiger partial charge in [0.25, 0.3) is 0 Å². The monoisotopic (exact) mass is 200 g/mol. The SMILES string of the molecule is CCCOCC(=O)C1CCOC1CC. The van der Waals surface area contributed by atoms with Crippen LogP contribution in [0.4, 0.5) is 0 Å². The van der Waals surface area contributed by atoms with E-state index >= 15 is 0 Å². The number of carbonyl (C=O) groups excluding carboxylic acids is 1. The first-order chi connectivity index (χ1) is 6.79. The van der Waals surface area contributed by atoms with Gasteiger partial charge in [-0.25, -0.2) is 0 Å². The summed E-state index contributed by atoms with van der Waals surface area (Å²) < 4.78 is 10.7. The molecule has 14 heavy (non-hydrogen) atoms. The highest BCUT2D eigenvalue weighted by atomic mass is 16.5. The van der Waals surface area contributed by atoms with Gasteiger partial charge in [0.1, 0.15) is 6.61 Å². The molecule has 3 nitrogen and oxygen atoms in total. The molecule has 0 saturated carbocycles. The van der Waals surface area contributed by atoms with Gasteiger partial charge in [-0.15, -0.1) is 0 Å². The van der Waals surface area contributed by atoms with Crippen LogP contribution in [0.5, 0.6) is 0 Å². The lowest BCUT2D eigenvalue weighted by molar-refractivity contribution is -0.129. The molecule has 1 aliphatic heterocycles. The van der Waals surface area contributed by atoms with Crippen LogP contribution < -0.4 is 0 Å². The molecule has 2 unspecified atom stereocenters. The van der Waals surface area contributed by atoms with Crippen molar-refractivity contribution in [2.75, 3.05) is 19.8 Å². The maximum absolute atomic E-state index is 11.7. The molecule has 0 N–H and O–H groups in total. The highest BCUT2D eigenvalue weighted by Gasteiger charge is 2.32. The molecule has 0 spiro atoms. The van der Waals surface area contributed by atoms with Crippen molar-refractivity contribution < 1.29 is 14.3 Å². The summed E-state index contributed by atoms with van der Waals surface area (Å²) in [7, 11) is 0. The van der Waals surface area contributed by atoms with E-state index in [2.05, 4.69) is 6.92 Å². The molecule has 3 heteroatoms. The summed E-state index contributed by atoms with van der Waals surface area (Å²) in [5.41, 5.74) is 0. The third-order valence-corrected chi connectivity index (χ3v) is 2.62. The maximum atomic E-state index is 11.7. The fourth-order valence-electron chi connectivity index (χ4n) is 1.84. The summed E-state index contributed by atoms with van der Waals surface area (Å²) in [6, 6.07) is 0. The van der Waals surface area contributed by atoms with E-state index in [9.17, 15) is 4.79 Å². The standard InChI is InChI=1S/C11H20O3/c1-3-6-13-8-10(12)9-5-7-14-11(9)4-2/h9,11H,3-8H2,1-2H3. The lowest BCUT2D eigenvalue weighted by atomic mass is 9.95. The van der Waals surface area contributed by atoms with E-state index in [-0.39, 0.29) is 24.4 Å². The van der Waals surface area contributed by atoms with Crippen LogP contribution in [-0.4, -0.2) is 31.7 Å². The minimum absolute atomic E-state index is 0.0804. The lowest BCUT2D eigenvalue weighted by Crippen LogP contribution is -2.27. The first-order valence-corrected chi connectivity index (χ1v) is 5.51. The van der Waals surface area contributed by atoms with E-state index in [1.807, 2.05) is 6.92 Å². The Labute approximate surface area is 85.8 Å². The van der Waals surface area contributed by atoms with Crippen LogP contribution in [0.3, 0.4) is 0 Å². The molecule has 1 saturated heterocycles. The molecule has 0 aliphatic carbocycles. The van der Waals surface area contributed by atoms with Gasteiger partial charge in [0, 0.05) is 19.1 Å². The Morgan fingerprint density at radius 3 is 2.93 bits per heavy atom. The summed E-state index contributed by atoms with van der Waals surface area (Å²) in [6.07, 6.45) is 2.88. The van der Waals surface area contributed by atoms with Crippen molar-refractivity contribution in [1.29, 1.82) is 0 Å². The minimum atomic E-state index is 0.0804. The third kappa shape index (κ3) is 3.07. The summed E-state index contributed by atoms with van der Waals surface area (Å²) in [4.78, 5) is 11.7.